The van der Waals surface area contributed by atoms with Crippen LogP contribution >= 0.6 is 11.8 Å². The van der Waals surface area contributed by atoms with Gasteiger partial charge >= 0.3 is 6.09 Å². The first-order valence-corrected chi connectivity index (χ1v) is 11.0. The van der Waals surface area contributed by atoms with Crippen molar-refractivity contribution in [2.45, 2.75) is 48.8 Å². The summed E-state index contributed by atoms with van der Waals surface area (Å²) in [6.45, 7) is 5.32. The number of aromatic nitrogens is 1. The van der Waals surface area contributed by atoms with Crippen LogP contribution in [-0.2, 0) is 4.74 Å². The van der Waals surface area contributed by atoms with Crippen molar-refractivity contribution in [1.82, 2.24) is 4.57 Å². The SMILES string of the molecule is COc1ccc([C@H]2Sc3c(c4ccccc4n3C(=O)OC(C)(C)C)[C@H](O)[C@@H]2[N+](=O)[O-])cc1. The Kier molecular flexibility index (Phi) is 5.64. The molecule has 8 nitrogen and oxygen atoms in total. The molecule has 3 atom stereocenters. The summed E-state index contributed by atoms with van der Waals surface area (Å²) in [6.07, 6.45) is -2.00. The van der Waals surface area contributed by atoms with Gasteiger partial charge in [0.1, 0.15) is 16.6 Å². The van der Waals surface area contributed by atoms with Gasteiger partial charge in [-0.25, -0.2) is 9.36 Å². The summed E-state index contributed by atoms with van der Waals surface area (Å²) in [5, 5.41) is 23.6. The molecule has 0 spiro atoms. The molecule has 0 saturated carbocycles. The monoisotopic (exact) mass is 456 g/mol. The van der Waals surface area contributed by atoms with E-state index in [1.807, 2.05) is 0 Å². The Balaban J connectivity index is 1.91. The van der Waals surface area contributed by atoms with Gasteiger partial charge in [0.2, 0.25) is 0 Å². The third kappa shape index (κ3) is 3.82. The number of methoxy groups -OCH3 is 1. The normalized spacial score (nSPS) is 20.6. The lowest BCUT2D eigenvalue weighted by Crippen LogP contribution is -2.36. The maximum absolute atomic E-state index is 13.2. The van der Waals surface area contributed by atoms with Crippen molar-refractivity contribution in [1.29, 1.82) is 0 Å². The molecule has 3 aromatic rings. The quantitative estimate of drug-likeness (QED) is 0.439. The van der Waals surface area contributed by atoms with E-state index < -0.39 is 34.0 Å². The summed E-state index contributed by atoms with van der Waals surface area (Å²) in [5.41, 5.74) is 0.841. The van der Waals surface area contributed by atoms with E-state index in [9.17, 15) is 20.0 Å². The van der Waals surface area contributed by atoms with Gasteiger partial charge in [0.05, 0.1) is 17.7 Å². The Labute approximate surface area is 189 Å². The van der Waals surface area contributed by atoms with Crippen LogP contribution in [0.1, 0.15) is 43.3 Å². The highest BCUT2D eigenvalue weighted by Crippen LogP contribution is 2.53. The Morgan fingerprint density at radius 2 is 1.81 bits per heavy atom. The second kappa shape index (κ2) is 8.14. The lowest BCUT2D eigenvalue weighted by atomic mass is 9.95. The number of thioether (sulfide) groups is 1. The minimum Gasteiger partial charge on any atom is -0.497 e. The van der Waals surface area contributed by atoms with Crippen molar-refractivity contribution >= 4 is 28.8 Å². The smallest absolute Gasteiger partial charge is 0.419 e. The molecule has 32 heavy (non-hydrogen) atoms. The van der Waals surface area contributed by atoms with E-state index in [4.69, 9.17) is 9.47 Å². The van der Waals surface area contributed by atoms with Gasteiger partial charge in [-0.05, 0) is 44.5 Å². The molecule has 0 bridgehead atoms. The third-order valence-electron chi connectivity index (χ3n) is 5.30. The van der Waals surface area contributed by atoms with Crippen LogP contribution in [0.2, 0.25) is 0 Å². The van der Waals surface area contributed by atoms with E-state index in [-0.39, 0.29) is 0 Å². The first-order valence-electron chi connectivity index (χ1n) is 10.1. The third-order valence-corrected chi connectivity index (χ3v) is 6.73. The molecule has 1 aliphatic heterocycles. The molecule has 0 fully saturated rings. The molecule has 0 saturated heterocycles. The Morgan fingerprint density at radius 1 is 1.16 bits per heavy atom. The van der Waals surface area contributed by atoms with Gasteiger partial charge in [-0.3, -0.25) is 10.1 Å². The zero-order valence-electron chi connectivity index (χ0n) is 18.1. The highest BCUT2D eigenvalue weighted by molar-refractivity contribution is 7.99. The molecule has 1 N–H and O–H groups in total. The van der Waals surface area contributed by atoms with E-state index >= 15 is 0 Å². The van der Waals surface area contributed by atoms with Crippen molar-refractivity contribution in [2.75, 3.05) is 7.11 Å². The van der Waals surface area contributed by atoms with Crippen molar-refractivity contribution < 1.29 is 24.3 Å². The zero-order chi connectivity index (χ0) is 23.2. The standard InChI is InChI=1S/C23H24N2O6S/c1-23(2,3)31-22(27)24-16-8-6-5-7-15(16)17-19(26)18(25(28)29)20(32-21(17)24)13-9-11-14(30-4)12-10-13/h5-12,18-20,26H,1-4H3/t18-,19-,20+/m0/s1. The summed E-state index contributed by atoms with van der Waals surface area (Å²) in [4.78, 5) is 24.8. The average Bonchev–Trinajstić information content (AvgIpc) is 3.06. The molecule has 1 aromatic heterocycles. The summed E-state index contributed by atoms with van der Waals surface area (Å²) in [6, 6.07) is 12.7. The van der Waals surface area contributed by atoms with Gasteiger partial charge < -0.3 is 14.6 Å². The van der Waals surface area contributed by atoms with E-state index in [0.717, 1.165) is 0 Å². The molecule has 2 aromatic carbocycles. The number of para-hydroxylation sites is 1. The second-order valence-electron chi connectivity index (χ2n) is 8.58. The summed E-state index contributed by atoms with van der Waals surface area (Å²) < 4.78 is 12.2. The fourth-order valence-electron chi connectivity index (χ4n) is 3.94. The van der Waals surface area contributed by atoms with Gasteiger partial charge in [-0.2, -0.15) is 0 Å². The first kappa shape index (κ1) is 22.2. The van der Waals surface area contributed by atoms with Crippen LogP contribution < -0.4 is 4.74 Å². The predicted molar refractivity (Wildman–Crippen MR) is 121 cm³/mol. The Bertz CT molecular complexity index is 1180. The molecule has 2 heterocycles. The van der Waals surface area contributed by atoms with Gasteiger partial charge in [-0.1, -0.05) is 42.1 Å². The molecule has 0 aliphatic carbocycles. The second-order valence-corrected chi connectivity index (χ2v) is 9.71. The van der Waals surface area contributed by atoms with E-state index in [1.165, 1.54) is 16.3 Å². The van der Waals surface area contributed by atoms with E-state index in [2.05, 4.69) is 0 Å². The molecule has 9 heteroatoms. The molecule has 0 amide bonds. The topological polar surface area (TPSA) is 104 Å². The Morgan fingerprint density at radius 3 is 2.41 bits per heavy atom. The first-order chi connectivity index (χ1) is 15.1. The van der Waals surface area contributed by atoms with Gasteiger partial charge in [-0.15, -0.1) is 0 Å². The van der Waals surface area contributed by atoms with Crippen LogP contribution in [0.25, 0.3) is 10.9 Å². The number of carbonyl (C=O) groups is 1. The summed E-state index contributed by atoms with van der Waals surface area (Å²) >= 11 is 1.19. The van der Waals surface area contributed by atoms with Gasteiger partial charge in [0, 0.05) is 15.9 Å². The van der Waals surface area contributed by atoms with Crippen LogP contribution in [0, 0.1) is 10.1 Å². The maximum atomic E-state index is 13.2. The van der Waals surface area contributed by atoms with E-state index in [1.54, 1.807) is 76.4 Å². The number of benzene rings is 2. The average molecular weight is 457 g/mol. The number of hydrogen-bond donors (Lipinski definition) is 1. The summed E-state index contributed by atoms with van der Waals surface area (Å²) in [7, 11) is 1.54. The lowest BCUT2D eigenvalue weighted by Gasteiger charge is -2.30. The number of nitrogens with zero attached hydrogens (tertiary/aromatic N) is 2. The van der Waals surface area contributed by atoms with Crippen molar-refractivity contribution in [3.63, 3.8) is 0 Å². The molecule has 4 rings (SSSR count). The molecule has 168 valence electrons. The van der Waals surface area contributed by atoms with Crippen LogP contribution in [0.15, 0.2) is 53.6 Å². The van der Waals surface area contributed by atoms with Crippen molar-refractivity contribution in [3.05, 3.63) is 69.8 Å². The highest BCUT2D eigenvalue weighted by Gasteiger charge is 2.49. The number of ether oxygens (including phenoxy) is 2. The number of carbonyl (C=O) groups excluding carboxylic acids is 1. The number of nitro groups is 1. The molecular formula is C23H24N2O6S. The van der Waals surface area contributed by atoms with Crippen molar-refractivity contribution in [3.8, 4) is 5.75 Å². The fraction of sp³-hybridized carbons (Fsp3) is 0.348. The van der Waals surface area contributed by atoms with Crippen LogP contribution in [0.3, 0.4) is 0 Å². The molecule has 0 unspecified atom stereocenters. The number of aliphatic hydroxyl groups is 1. The molecule has 1 aliphatic rings. The zero-order valence-corrected chi connectivity index (χ0v) is 19.0. The number of fused-ring (bicyclic) bond motifs is 3. The Hall–Kier alpha value is -3.04. The van der Waals surface area contributed by atoms with Gasteiger partial charge in [0.15, 0.2) is 6.10 Å². The number of hydrogen-bond acceptors (Lipinski definition) is 7. The van der Waals surface area contributed by atoms with Crippen LogP contribution in [0.4, 0.5) is 4.79 Å². The molecule has 0 radical (unpaired) electrons. The largest absolute Gasteiger partial charge is 0.497 e. The highest BCUT2D eigenvalue weighted by atomic mass is 32.2. The van der Waals surface area contributed by atoms with Crippen LogP contribution in [0.5, 0.6) is 5.75 Å². The minimum absolute atomic E-state index is 0.378. The maximum Gasteiger partial charge on any atom is 0.419 e. The van der Waals surface area contributed by atoms with Gasteiger partial charge in [0.25, 0.3) is 6.04 Å². The minimum atomic E-state index is -1.40. The number of rotatable bonds is 3. The summed E-state index contributed by atoms with van der Waals surface area (Å²) in [5.74, 6) is 0.622. The number of aliphatic hydroxyl groups excluding tert-OH is 1. The van der Waals surface area contributed by atoms with Crippen LogP contribution in [-0.4, -0.2) is 39.4 Å². The lowest BCUT2D eigenvalue weighted by molar-refractivity contribution is -0.536. The van der Waals surface area contributed by atoms with Crippen molar-refractivity contribution in [2.24, 2.45) is 0 Å². The predicted octanol–water partition coefficient (Wildman–Crippen LogP) is 4.96. The fourth-order valence-corrected chi connectivity index (χ4v) is 5.50. The van der Waals surface area contributed by atoms with E-state index in [0.29, 0.717) is 32.8 Å². The molecular weight excluding hydrogens is 432 g/mol.